The Morgan fingerprint density at radius 3 is 1.00 bits per heavy atom. The normalized spacial score (nSPS) is 20.8. The molecule has 0 amide bonds. The van der Waals surface area contributed by atoms with Crippen molar-refractivity contribution < 1.29 is 13.4 Å². The van der Waals surface area contributed by atoms with E-state index in [0.29, 0.717) is 0 Å². The summed E-state index contributed by atoms with van der Waals surface area (Å²) in [6.07, 6.45) is 2.44. The maximum absolute atomic E-state index is 4.83. The maximum atomic E-state index is 4.83. The molecule has 0 aromatic rings. The molecule has 0 unspecified atom stereocenters. The quantitative estimate of drug-likeness (QED) is 0.525. The van der Waals surface area contributed by atoms with Crippen molar-refractivity contribution in [1.82, 2.24) is 21.3 Å². The molecule has 1 heterocycles. The molecule has 1 saturated heterocycles. The van der Waals surface area contributed by atoms with E-state index in [1.54, 1.807) is 0 Å². The monoisotopic (exact) mass is 322 g/mol. The molecular formula is C10H24Cl2CrN4. The van der Waals surface area contributed by atoms with Crippen molar-refractivity contribution in [3.8, 4) is 0 Å². The molecule has 0 radical (unpaired) electrons. The summed E-state index contributed by atoms with van der Waals surface area (Å²) in [7, 11) is 9.65. The van der Waals surface area contributed by atoms with Crippen molar-refractivity contribution >= 4 is 20.1 Å². The van der Waals surface area contributed by atoms with Crippen LogP contribution in [-0.4, -0.2) is 52.4 Å². The number of nitrogens with one attached hydrogen (secondary N) is 4. The van der Waals surface area contributed by atoms with Gasteiger partial charge in [-0.25, -0.2) is 0 Å². The summed E-state index contributed by atoms with van der Waals surface area (Å²) in [5, 5.41) is 13.7. The first-order valence-corrected chi connectivity index (χ1v) is 9.65. The van der Waals surface area contributed by atoms with Gasteiger partial charge >= 0.3 is 33.5 Å². The van der Waals surface area contributed by atoms with Gasteiger partial charge in [-0.2, -0.15) is 0 Å². The Morgan fingerprint density at radius 2 is 0.765 bits per heavy atom. The van der Waals surface area contributed by atoms with Crippen LogP contribution in [0, 0.1) is 0 Å². The Bertz CT molecular complexity index is 90.2. The van der Waals surface area contributed by atoms with Crippen LogP contribution in [0.5, 0.6) is 0 Å². The van der Waals surface area contributed by atoms with E-state index in [1.165, 1.54) is 12.8 Å². The summed E-state index contributed by atoms with van der Waals surface area (Å²) in [6, 6.07) is 0. The summed E-state index contributed by atoms with van der Waals surface area (Å²) >= 11 is -0.181. The van der Waals surface area contributed by atoms with Crippen LogP contribution in [0.15, 0.2) is 0 Å². The Morgan fingerprint density at radius 1 is 0.529 bits per heavy atom. The predicted molar refractivity (Wildman–Crippen MR) is 72.4 cm³/mol. The fraction of sp³-hybridized carbons (Fsp3) is 1.00. The van der Waals surface area contributed by atoms with Gasteiger partial charge in [-0.1, -0.05) is 0 Å². The second-order valence-electron chi connectivity index (χ2n) is 3.77. The van der Waals surface area contributed by atoms with Crippen molar-refractivity contribution in [2.45, 2.75) is 12.8 Å². The second kappa shape index (κ2) is 17.0. The van der Waals surface area contributed by atoms with Crippen LogP contribution in [0.2, 0.25) is 0 Å². The molecule has 1 aliphatic rings. The molecule has 0 spiro atoms. The number of hydrogen-bond acceptors (Lipinski definition) is 4. The molecule has 1 rings (SSSR count). The van der Waals surface area contributed by atoms with Crippen LogP contribution < -0.4 is 21.3 Å². The first-order chi connectivity index (χ1) is 8.41. The van der Waals surface area contributed by atoms with E-state index in [9.17, 15) is 0 Å². The van der Waals surface area contributed by atoms with Crippen molar-refractivity contribution in [2.75, 3.05) is 52.4 Å². The van der Waals surface area contributed by atoms with Gasteiger partial charge in [-0.3, -0.25) is 0 Å². The molecule has 17 heavy (non-hydrogen) atoms. The van der Waals surface area contributed by atoms with E-state index in [-0.39, 0.29) is 13.4 Å². The molecule has 1 fully saturated rings. The molecule has 0 aromatic carbocycles. The van der Waals surface area contributed by atoms with Gasteiger partial charge in [-0.15, -0.1) is 0 Å². The Kier molecular flexibility index (Phi) is 17.9. The molecule has 104 valence electrons. The third-order valence-electron chi connectivity index (χ3n) is 2.37. The molecule has 0 saturated carbocycles. The zero-order chi connectivity index (χ0) is 12.6. The third-order valence-corrected chi connectivity index (χ3v) is 2.37. The SMILES string of the molecule is C1CNCCNCCCNCCNC1.[Cl][Cr][Cl]. The molecule has 0 aromatic heterocycles. The van der Waals surface area contributed by atoms with E-state index in [1.807, 2.05) is 0 Å². The van der Waals surface area contributed by atoms with E-state index in [4.69, 9.17) is 20.1 Å². The molecular weight excluding hydrogens is 299 g/mol. The first-order valence-electron chi connectivity index (χ1n) is 6.14. The third kappa shape index (κ3) is 17.0. The summed E-state index contributed by atoms with van der Waals surface area (Å²) in [4.78, 5) is 0. The minimum atomic E-state index is -0.181. The van der Waals surface area contributed by atoms with Crippen molar-refractivity contribution in [1.29, 1.82) is 0 Å². The van der Waals surface area contributed by atoms with Crippen LogP contribution in [0.25, 0.3) is 0 Å². The van der Waals surface area contributed by atoms with Gasteiger partial charge in [-0.05, 0) is 39.0 Å². The fourth-order valence-corrected chi connectivity index (χ4v) is 1.53. The summed E-state index contributed by atoms with van der Waals surface area (Å²) in [5.74, 6) is 0. The Balaban J connectivity index is 0.000000770. The molecule has 0 aliphatic carbocycles. The zero-order valence-electron chi connectivity index (χ0n) is 10.2. The average Bonchev–Trinajstić information content (AvgIpc) is 2.33. The molecule has 0 bridgehead atoms. The van der Waals surface area contributed by atoms with Crippen molar-refractivity contribution in [3.05, 3.63) is 0 Å². The van der Waals surface area contributed by atoms with E-state index >= 15 is 0 Å². The topological polar surface area (TPSA) is 48.1 Å². The zero-order valence-corrected chi connectivity index (χ0v) is 13.0. The first kappa shape index (κ1) is 18.0. The van der Waals surface area contributed by atoms with Gasteiger partial charge in [0.1, 0.15) is 0 Å². The van der Waals surface area contributed by atoms with Gasteiger partial charge < -0.3 is 21.3 Å². The molecule has 4 N–H and O–H groups in total. The summed E-state index contributed by atoms with van der Waals surface area (Å²) in [6.45, 7) is 8.87. The average molecular weight is 323 g/mol. The van der Waals surface area contributed by atoms with Gasteiger partial charge in [0, 0.05) is 26.2 Å². The van der Waals surface area contributed by atoms with Crippen LogP contribution in [0.4, 0.5) is 0 Å². The van der Waals surface area contributed by atoms with Gasteiger partial charge in [0.2, 0.25) is 0 Å². The van der Waals surface area contributed by atoms with E-state index in [2.05, 4.69) is 21.3 Å². The molecule has 1 aliphatic heterocycles. The number of hydrogen-bond donors (Lipinski definition) is 4. The van der Waals surface area contributed by atoms with Gasteiger partial charge in [0.05, 0.1) is 0 Å². The standard InChI is InChI=1S/C10H24N4.2ClH.Cr/c1-3-11-7-9-13-5-2-6-14-10-8-12-4-1;;;/h11-14H,1-10H2;2*1H;/q;;;+2/p-2. The molecule has 4 nitrogen and oxygen atoms in total. The fourth-order valence-electron chi connectivity index (χ4n) is 1.53. The van der Waals surface area contributed by atoms with Gasteiger partial charge in [0.15, 0.2) is 0 Å². The Hall–Kier alpha value is 0.952. The van der Waals surface area contributed by atoms with Crippen LogP contribution in [0.1, 0.15) is 12.8 Å². The minimum absolute atomic E-state index is 0.181. The number of rotatable bonds is 0. The summed E-state index contributed by atoms with van der Waals surface area (Å²) in [5.41, 5.74) is 0. The van der Waals surface area contributed by atoms with Crippen molar-refractivity contribution in [3.63, 3.8) is 0 Å². The van der Waals surface area contributed by atoms with Crippen LogP contribution >= 0.6 is 20.1 Å². The van der Waals surface area contributed by atoms with Crippen molar-refractivity contribution in [2.24, 2.45) is 0 Å². The van der Waals surface area contributed by atoms with E-state index < -0.39 is 0 Å². The van der Waals surface area contributed by atoms with Crippen LogP contribution in [-0.2, 0) is 13.4 Å². The molecule has 0 atom stereocenters. The van der Waals surface area contributed by atoms with Gasteiger partial charge in [0.25, 0.3) is 0 Å². The number of halogens is 2. The predicted octanol–water partition coefficient (Wildman–Crippen LogP) is 0.515. The Labute approximate surface area is 120 Å². The van der Waals surface area contributed by atoms with E-state index in [0.717, 1.165) is 52.4 Å². The molecule has 7 heteroatoms. The summed E-state index contributed by atoms with van der Waals surface area (Å²) < 4.78 is 0. The van der Waals surface area contributed by atoms with Crippen LogP contribution in [0.3, 0.4) is 0 Å². The second-order valence-corrected chi connectivity index (χ2v) is 5.87.